The molecule has 1 amide bonds. The van der Waals surface area contributed by atoms with Crippen LogP contribution < -0.4 is 10.0 Å². The van der Waals surface area contributed by atoms with Crippen LogP contribution in [0.3, 0.4) is 0 Å². The maximum Gasteiger partial charge on any atom is 0.244 e. The van der Waals surface area contributed by atoms with Crippen LogP contribution in [0.15, 0.2) is 66.9 Å². The van der Waals surface area contributed by atoms with Gasteiger partial charge in [-0.2, -0.15) is 0 Å². The van der Waals surface area contributed by atoms with Gasteiger partial charge in [-0.15, -0.1) is 0 Å². The summed E-state index contributed by atoms with van der Waals surface area (Å²) in [5.41, 5.74) is 3.30. The molecule has 0 unspecified atom stereocenters. The smallest absolute Gasteiger partial charge is 0.244 e. The highest BCUT2D eigenvalue weighted by atomic mass is 32.2. The summed E-state index contributed by atoms with van der Waals surface area (Å²) >= 11 is 0. The Morgan fingerprint density at radius 2 is 1.75 bits per heavy atom. The van der Waals surface area contributed by atoms with E-state index in [-0.39, 0.29) is 11.7 Å². The van der Waals surface area contributed by atoms with Crippen LogP contribution in [0.1, 0.15) is 16.7 Å². The number of aromatic nitrogens is 1. The molecule has 0 aliphatic rings. The van der Waals surface area contributed by atoms with Crippen LogP contribution in [0.25, 0.3) is 17.0 Å². The number of fused-ring (bicyclic) bond motifs is 1. The third-order valence-electron chi connectivity index (χ3n) is 4.24. The minimum atomic E-state index is -3.29. The van der Waals surface area contributed by atoms with Gasteiger partial charge in [0, 0.05) is 29.8 Å². The van der Waals surface area contributed by atoms with Crippen molar-refractivity contribution in [2.45, 2.75) is 12.3 Å². The Balaban J connectivity index is 1.59. The predicted octanol–water partition coefficient (Wildman–Crippen LogP) is 2.61. The van der Waals surface area contributed by atoms with Crippen LogP contribution in [0, 0.1) is 0 Å². The number of nitrogens with one attached hydrogen (secondary N) is 2. The number of benzene rings is 2. The van der Waals surface area contributed by atoms with E-state index in [1.54, 1.807) is 36.5 Å². The third-order valence-corrected chi connectivity index (χ3v) is 5.57. The molecule has 2 aromatic carbocycles. The molecule has 0 saturated heterocycles. The summed E-state index contributed by atoms with van der Waals surface area (Å²) in [7, 11) is -1.90. The monoisotopic (exact) mass is 395 g/mol. The molecule has 0 radical (unpaired) electrons. The topological polar surface area (TPSA) is 88.2 Å². The standard InChI is InChI=1S/C21H21N3O3S/c1-22-28(26,27)15-17-9-7-16(8-10-17)14-24-20(25)12-11-19-5-2-4-18-6-3-13-23-21(18)19/h2-13,22H,14-15H2,1H3,(H,24,25)/b12-11+. The predicted molar refractivity (Wildman–Crippen MR) is 111 cm³/mol. The maximum atomic E-state index is 12.1. The maximum absolute atomic E-state index is 12.1. The Morgan fingerprint density at radius 3 is 2.50 bits per heavy atom. The molecule has 7 heteroatoms. The minimum absolute atomic E-state index is 0.0715. The highest BCUT2D eigenvalue weighted by Gasteiger charge is 2.08. The van der Waals surface area contributed by atoms with Gasteiger partial charge in [0.2, 0.25) is 15.9 Å². The minimum Gasteiger partial charge on any atom is -0.348 e. The first-order valence-electron chi connectivity index (χ1n) is 8.75. The van der Waals surface area contributed by atoms with Gasteiger partial charge < -0.3 is 5.32 Å². The fourth-order valence-electron chi connectivity index (χ4n) is 2.72. The molecule has 0 spiro atoms. The van der Waals surface area contributed by atoms with Crippen molar-refractivity contribution >= 4 is 32.9 Å². The molecule has 3 rings (SSSR count). The molecule has 1 aromatic heterocycles. The second-order valence-electron chi connectivity index (χ2n) is 6.25. The number of hydrogen-bond acceptors (Lipinski definition) is 4. The zero-order valence-electron chi connectivity index (χ0n) is 15.4. The van der Waals surface area contributed by atoms with Crippen molar-refractivity contribution in [2.24, 2.45) is 0 Å². The van der Waals surface area contributed by atoms with Gasteiger partial charge in [-0.05, 0) is 30.3 Å². The van der Waals surface area contributed by atoms with Gasteiger partial charge in [-0.25, -0.2) is 13.1 Å². The van der Waals surface area contributed by atoms with Crippen LogP contribution in [-0.2, 0) is 27.1 Å². The molecule has 0 aliphatic heterocycles. The van der Waals surface area contributed by atoms with E-state index in [4.69, 9.17) is 0 Å². The van der Waals surface area contributed by atoms with Gasteiger partial charge >= 0.3 is 0 Å². The Morgan fingerprint density at radius 1 is 1.04 bits per heavy atom. The molecular weight excluding hydrogens is 374 g/mol. The van der Waals surface area contributed by atoms with Crippen LogP contribution in [0.2, 0.25) is 0 Å². The van der Waals surface area contributed by atoms with Gasteiger partial charge in [0.25, 0.3) is 0 Å². The van der Waals surface area contributed by atoms with E-state index in [1.165, 1.54) is 13.1 Å². The van der Waals surface area contributed by atoms with Crippen molar-refractivity contribution in [1.82, 2.24) is 15.0 Å². The van der Waals surface area contributed by atoms with E-state index >= 15 is 0 Å². The highest BCUT2D eigenvalue weighted by Crippen LogP contribution is 2.17. The van der Waals surface area contributed by atoms with Crippen molar-refractivity contribution in [3.8, 4) is 0 Å². The van der Waals surface area contributed by atoms with Crippen molar-refractivity contribution in [1.29, 1.82) is 0 Å². The molecule has 28 heavy (non-hydrogen) atoms. The van der Waals surface area contributed by atoms with Crippen LogP contribution in [0.5, 0.6) is 0 Å². The van der Waals surface area contributed by atoms with Crippen LogP contribution in [-0.4, -0.2) is 26.4 Å². The number of pyridine rings is 1. The lowest BCUT2D eigenvalue weighted by atomic mass is 10.1. The van der Waals surface area contributed by atoms with E-state index in [9.17, 15) is 13.2 Å². The van der Waals surface area contributed by atoms with E-state index in [0.717, 1.165) is 22.0 Å². The molecule has 3 aromatic rings. The SMILES string of the molecule is CNS(=O)(=O)Cc1ccc(CNC(=O)/C=C/c2cccc3cccnc23)cc1. The summed E-state index contributed by atoms with van der Waals surface area (Å²) < 4.78 is 25.4. The number of rotatable bonds is 7. The van der Waals surface area contributed by atoms with Crippen molar-refractivity contribution < 1.29 is 13.2 Å². The van der Waals surface area contributed by atoms with Crippen LogP contribution in [0.4, 0.5) is 0 Å². The second kappa shape index (κ2) is 8.77. The summed E-state index contributed by atoms with van der Waals surface area (Å²) in [5.74, 6) is -0.285. The summed E-state index contributed by atoms with van der Waals surface area (Å²) in [6.07, 6.45) is 4.96. The zero-order chi connectivity index (χ0) is 20.0. The quantitative estimate of drug-likeness (QED) is 0.602. The van der Waals surface area contributed by atoms with Gasteiger partial charge in [-0.1, -0.05) is 48.5 Å². The Bertz CT molecular complexity index is 1100. The van der Waals surface area contributed by atoms with Crippen LogP contribution >= 0.6 is 0 Å². The number of carbonyl (C=O) groups excluding carboxylic acids is 1. The molecule has 0 aliphatic carbocycles. The first-order valence-corrected chi connectivity index (χ1v) is 10.4. The lowest BCUT2D eigenvalue weighted by molar-refractivity contribution is -0.116. The molecule has 0 bridgehead atoms. The normalized spacial score (nSPS) is 11.8. The Hall–Kier alpha value is -3.03. The van der Waals surface area contributed by atoms with Crippen molar-refractivity contribution in [2.75, 3.05) is 7.05 Å². The fraction of sp³-hybridized carbons (Fsp3) is 0.143. The Kier molecular flexibility index (Phi) is 6.18. The summed E-state index contributed by atoms with van der Waals surface area (Å²) in [6, 6.07) is 16.8. The number of sulfonamides is 1. The highest BCUT2D eigenvalue weighted by molar-refractivity contribution is 7.88. The molecule has 0 fully saturated rings. The number of amides is 1. The largest absolute Gasteiger partial charge is 0.348 e. The number of carbonyl (C=O) groups is 1. The lowest BCUT2D eigenvalue weighted by Gasteiger charge is -2.06. The fourth-order valence-corrected chi connectivity index (χ4v) is 3.50. The van der Waals surface area contributed by atoms with Gasteiger partial charge in [0.15, 0.2) is 0 Å². The van der Waals surface area contributed by atoms with E-state index in [0.29, 0.717) is 12.1 Å². The third kappa shape index (κ3) is 5.25. The number of hydrogen-bond donors (Lipinski definition) is 2. The Labute approximate surface area is 164 Å². The van der Waals surface area contributed by atoms with Gasteiger partial charge in [0.1, 0.15) is 0 Å². The first-order chi connectivity index (χ1) is 13.5. The molecular formula is C21H21N3O3S. The summed E-state index contributed by atoms with van der Waals surface area (Å²) in [5, 5.41) is 3.84. The summed E-state index contributed by atoms with van der Waals surface area (Å²) in [6.45, 7) is 0.357. The van der Waals surface area contributed by atoms with Crippen molar-refractivity contribution in [3.63, 3.8) is 0 Å². The zero-order valence-corrected chi connectivity index (χ0v) is 16.2. The summed E-state index contributed by atoms with van der Waals surface area (Å²) in [4.78, 5) is 16.5. The molecule has 144 valence electrons. The molecule has 0 saturated carbocycles. The molecule has 0 atom stereocenters. The van der Waals surface area contributed by atoms with E-state index in [1.807, 2.05) is 30.3 Å². The number of nitrogens with zero attached hydrogens (tertiary/aromatic N) is 1. The molecule has 1 heterocycles. The van der Waals surface area contributed by atoms with Gasteiger partial charge in [-0.3, -0.25) is 9.78 Å². The average Bonchev–Trinajstić information content (AvgIpc) is 2.71. The second-order valence-corrected chi connectivity index (χ2v) is 8.18. The molecule has 2 N–H and O–H groups in total. The lowest BCUT2D eigenvalue weighted by Crippen LogP contribution is -2.21. The average molecular weight is 395 g/mol. The van der Waals surface area contributed by atoms with E-state index in [2.05, 4.69) is 15.0 Å². The first kappa shape index (κ1) is 19.7. The van der Waals surface area contributed by atoms with Gasteiger partial charge in [0.05, 0.1) is 11.3 Å². The van der Waals surface area contributed by atoms with E-state index < -0.39 is 10.0 Å². The molecule has 6 nitrogen and oxygen atoms in total. The van der Waals surface area contributed by atoms with Crippen molar-refractivity contribution in [3.05, 3.63) is 83.6 Å². The number of para-hydroxylation sites is 1.